The smallest absolute Gasteiger partial charge is 0.410 e. The largest absolute Gasteiger partial charge is 0.444 e. The molecule has 128 valence electrons. The van der Waals surface area contributed by atoms with Crippen molar-refractivity contribution in [2.45, 2.75) is 70.5 Å². The van der Waals surface area contributed by atoms with Crippen LogP contribution in [0.25, 0.3) is 0 Å². The molecular formula is C17H30INO3. The number of carbonyl (C=O) groups excluding carboxylic acids is 1. The summed E-state index contributed by atoms with van der Waals surface area (Å²) in [6.07, 6.45) is 7.00. The number of hydrogen-bond donors (Lipinski definition) is 0. The Labute approximate surface area is 148 Å². The predicted octanol–water partition coefficient (Wildman–Crippen LogP) is 4.40. The van der Waals surface area contributed by atoms with Gasteiger partial charge < -0.3 is 14.4 Å². The second kappa shape index (κ2) is 7.69. The van der Waals surface area contributed by atoms with E-state index in [1.165, 1.54) is 25.7 Å². The molecule has 1 heterocycles. The third-order valence-electron chi connectivity index (χ3n) is 4.73. The Balaban J connectivity index is 1.75. The number of hydrogen-bond acceptors (Lipinski definition) is 3. The quantitative estimate of drug-likeness (QED) is 0.486. The molecule has 2 aliphatic rings. The minimum absolute atomic E-state index is 0.0389. The van der Waals surface area contributed by atoms with Crippen LogP contribution in [0.15, 0.2) is 0 Å². The van der Waals surface area contributed by atoms with E-state index in [4.69, 9.17) is 9.47 Å². The topological polar surface area (TPSA) is 38.8 Å². The van der Waals surface area contributed by atoms with Crippen LogP contribution >= 0.6 is 22.6 Å². The van der Waals surface area contributed by atoms with Crippen LogP contribution in [0, 0.1) is 5.92 Å². The van der Waals surface area contributed by atoms with Crippen molar-refractivity contribution in [3.05, 3.63) is 0 Å². The highest BCUT2D eigenvalue weighted by Crippen LogP contribution is 2.33. The van der Waals surface area contributed by atoms with Crippen molar-refractivity contribution in [2.75, 3.05) is 24.1 Å². The molecule has 0 spiro atoms. The fourth-order valence-corrected chi connectivity index (χ4v) is 3.95. The molecule has 4 nitrogen and oxygen atoms in total. The molecule has 0 unspecified atom stereocenters. The average molecular weight is 423 g/mol. The fourth-order valence-electron chi connectivity index (χ4n) is 2.96. The molecule has 0 aromatic heterocycles. The Kier molecular flexibility index (Phi) is 6.39. The molecule has 5 heteroatoms. The number of piperidine rings is 1. The Hall–Kier alpha value is -0.0400. The highest BCUT2D eigenvalue weighted by molar-refractivity contribution is 14.1. The van der Waals surface area contributed by atoms with Crippen molar-refractivity contribution < 1.29 is 14.3 Å². The standard InChI is InChI=1S/C17H30INO3/c1-16(2,3)22-15(20)19-10-8-17(13-18,9-11-19)21-12-7-14-5-4-6-14/h14H,4-13H2,1-3H3. The van der Waals surface area contributed by atoms with E-state index in [1.807, 2.05) is 25.7 Å². The Morgan fingerprint density at radius 3 is 2.36 bits per heavy atom. The van der Waals surface area contributed by atoms with Crippen molar-refractivity contribution in [1.82, 2.24) is 4.90 Å². The van der Waals surface area contributed by atoms with Gasteiger partial charge in [-0.05, 0) is 46.0 Å². The maximum Gasteiger partial charge on any atom is 0.410 e. The van der Waals surface area contributed by atoms with Crippen molar-refractivity contribution in [3.63, 3.8) is 0 Å². The summed E-state index contributed by atoms with van der Waals surface area (Å²) < 4.78 is 12.7. The first-order valence-corrected chi connectivity index (χ1v) is 10.0. The van der Waals surface area contributed by atoms with Crippen molar-refractivity contribution in [2.24, 2.45) is 5.92 Å². The van der Waals surface area contributed by atoms with Gasteiger partial charge in [-0.3, -0.25) is 0 Å². The molecule has 0 aromatic rings. The van der Waals surface area contributed by atoms with Crippen LogP contribution in [0.3, 0.4) is 0 Å². The first-order valence-electron chi connectivity index (χ1n) is 8.51. The molecule has 2 rings (SSSR count). The average Bonchev–Trinajstić information content (AvgIpc) is 2.40. The number of halogens is 1. The van der Waals surface area contributed by atoms with Gasteiger partial charge in [-0.1, -0.05) is 41.9 Å². The third kappa shape index (κ3) is 5.25. The van der Waals surface area contributed by atoms with Gasteiger partial charge in [-0.15, -0.1) is 0 Å². The summed E-state index contributed by atoms with van der Waals surface area (Å²) in [6, 6.07) is 0. The number of likely N-dealkylation sites (tertiary alicyclic amines) is 1. The lowest BCUT2D eigenvalue weighted by Gasteiger charge is -2.41. The number of carbonyl (C=O) groups is 1. The minimum atomic E-state index is -0.422. The normalized spacial score (nSPS) is 22.3. The summed E-state index contributed by atoms with van der Waals surface area (Å²) in [5, 5.41) is 0. The summed E-state index contributed by atoms with van der Waals surface area (Å²) >= 11 is 2.43. The SMILES string of the molecule is CC(C)(C)OC(=O)N1CCC(CI)(OCCC2CCC2)CC1. The molecule has 1 saturated heterocycles. The summed E-state index contributed by atoms with van der Waals surface area (Å²) in [6.45, 7) is 8.08. The van der Waals surface area contributed by atoms with Gasteiger partial charge in [0.15, 0.2) is 0 Å². The molecule has 0 aromatic carbocycles. The molecule has 0 radical (unpaired) electrons. The molecule has 1 aliphatic heterocycles. The van der Waals surface area contributed by atoms with Crippen molar-refractivity contribution in [1.29, 1.82) is 0 Å². The van der Waals surface area contributed by atoms with Crippen LogP contribution in [-0.2, 0) is 9.47 Å². The number of nitrogens with zero attached hydrogens (tertiary/aromatic N) is 1. The molecule has 22 heavy (non-hydrogen) atoms. The lowest BCUT2D eigenvalue weighted by atomic mass is 9.83. The number of alkyl halides is 1. The van der Waals surface area contributed by atoms with Gasteiger partial charge in [0.1, 0.15) is 5.60 Å². The van der Waals surface area contributed by atoms with E-state index in [1.54, 1.807) is 0 Å². The van der Waals surface area contributed by atoms with Crippen LogP contribution in [0.4, 0.5) is 4.79 Å². The second-order valence-corrected chi connectivity index (χ2v) is 8.48. The van der Waals surface area contributed by atoms with Gasteiger partial charge in [0.2, 0.25) is 0 Å². The van der Waals surface area contributed by atoms with E-state index in [9.17, 15) is 4.79 Å². The van der Waals surface area contributed by atoms with Crippen molar-refractivity contribution >= 4 is 28.7 Å². The fraction of sp³-hybridized carbons (Fsp3) is 0.941. The number of rotatable bonds is 5. The highest BCUT2D eigenvalue weighted by atomic mass is 127. The van der Waals surface area contributed by atoms with Gasteiger partial charge in [-0.2, -0.15) is 0 Å². The van der Waals surface area contributed by atoms with E-state index in [0.29, 0.717) is 0 Å². The maximum absolute atomic E-state index is 12.1. The molecule has 2 fully saturated rings. The van der Waals surface area contributed by atoms with Crippen molar-refractivity contribution in [3.8, 4) is 0 Å². The Bertz CT molecular complexity index is 369. The van der Waals surface area contributed by atoms with Gasteiger partial charge in [0, 0.05) is 24.1 Å². The van der Waals surface area contributed by atoms with Gasteiger partial charge >= 0.3 is 6.09 Å². The molecule has 1 amide bonds. The van der Waals surface area contributed by atoms with Crippen LogP contribution in [0.5, 0.6) is 0 Å². The van der Waals surface area contributed by atoms with Gasteiger partial charge in [-0.25, -0.2) is 4.79 Å². The molecule has 0 atom stereocenters. The van der Waals surface area contributed by atoms with E-state index in [-0.39, 0.29) is 11.7 Å². The second-order valence-electron chi connectivity index (χ2n) is 7.72. The predicted molar refractivity (Wildman–Crippen MR) is 96.6 cm³/mol. The van der Waals surface area contributed by atoms with E-state index < -0.39 is 5.60 Å². The summed E-state index contributed by atoms with van der Waals surface area (Å²) in [5.41, 5.74) is -0.461. The summed E-state index contributed by atoms with van der Waals surface area (Å²) in [7, 11) is 0. The molecular weight excluding hydrogens is 393 g/mol. The Morgan fingerprint density at radius 2 is 1.91 bits per heavy atom. The maximum atomic E-state index is 12.1. The molecule has 1 saturated carbocycles. The first-order chi connectivity index (χ1) is 10.3. The molecule has 0 N–H and O–H groups in total. The molecule has 1 aliphatic carbocycles. The number of ether oxygens (including phenoxy) is 2. The van der Waals surface area contributed by atoms with Crippen LogP contribution in [-0.4, -0.2) is 46.3 Å². The highest BCUT2D eigenvalue weighted by Gasteiger charge is 2.37. The summed E-state index contributed by atoms with van der Waals surface area (Å²) in [4.78, 5) is 13.9. The zero-order valence-corrected chi connectivity index (χ0v) is 16.4. The third-order valence-corrected chi connectivity index (χ3v) is 6.12. The van der Waals surface area contributed by atoms with Crippen LogP contribution in [0.1, 0.15) is 59.3 Å². The van der Waals surface area contributed by atoms with Crippen LogP contribution in [0.2, 0.25) is 0 Å². The van der Waals surface area contributed by atoms with Gasteiger partial charge in [0.05, 0.1) is 5.60 Å². The van der Waals surface area contributed by atoms with E-state index >= 15 is 0 Å². The van der Waals surface area contributed by atoms with E-state index in [2.05, 4.69) is 22.6 Å². The van der Waals surface area contributed by atoms with E-state index in [0.717, 1.165) is 42.9 Å². The lowest BCUT2D eigenvalue weighted by molar-refractivity contribution is -0.0727. The lowest BCUT2D eigenvalue weighted by Crippen LogP contribution is -2.50. The number of amides is 1. The summed E-state index contributed by atoms with van der Waals surface area (Å²) in [5.74, 6) is 0.896. The zero-order valence-electron chi connectivity index (χ0n) is 14.2. The Morgan fingerprint density at radius 1 is 1.27 bits per heavy atom. The zero-order chi connectivity index (χ0) is 16.2. The first kappa shape index (κ1) is 18.3. The van der Waals surface area contributed by atoms with Crippen LogP contribution < -0.4 is 0 Å². The minimum Gasteiger partial charge on any atom is -0.444 e. The van der Waals surface area contributed by atoms with Gasteiger partial charge in [0.25, 0.3) is 0 Å². The monoisotopic (exact) mass is 423 g/mol. The molecule has 0 bridgehead atoms.